The first-order valence-electron chi connectivity index (χ1n) is 5.56. The predicted molar refractivity (Wildman–Crippen MR) is 63.6 cm³/mol. The second kappa shape index (κ2) is 4.90. The van der Waals surface area contributed by atoms with Crippen LogP contribution >= 0.6 is 11.3 Å². The molecular formula is C12H17NOS. The zero-order valence-electron chi connectivity index (χ0n) is 9.08. The Morgan fingerprint density at radius 3 is 3.07 bits per heavy atom. The highest BCUT2D eigenvalue weighted by molar-refractivity contribution is 7.14. The van der Waals surface area contributed by atoms with Gasteiger partial charge in [0.25, 0.3) is 0 Å². The highest BCUT2D eigenvalue weighted by atomic mass is 32.1. The molecule has 3 heteroatoms. The number of rotatable bonds is 3. The molecule has 1 aliphatic rings. The van der Waals surface area contributed by atoms with Gasteiger partial charge in [0.2, 0.25) is 0 Å². The van der Waals surface area contributed by atoms with Crippen LogP contribution < -0.4 is 5.32 Å². The van der Waals surface area contributed by atoms with E-state index in [0.29, 0.717) is 18.1 Å². The van der Waals surface area contributed by atoms with Crippen LogP contribution in [0, 0.1) is 12.8 Å². The number of Topliss-reactive ketones (excluding diaryl/α,β-unsaturated/α-hetero) is 1. The molecule has 1 unspecified atom stereocenters. The van der Waals surface area contributed by atoms with Crippen molar-refractivity contribution in [2.75, 3.05) is 13.1 Å². The molecule has 0 amide bonds. The molecule has 0 aromatic carbocycles. The zero-order chi connectivity index (χ0) is 10.7. The summed E-state index contributed by atoms with van der Waals surface area (Å²) in [5.74, 6) is 0.871. The van der Waals surface area contributed by atoms with E-state index < -0.39 is 0 Å². The highest BCUT2D eigenvalue weighted by Crippen LogP contribution is 2.21. The van der Waals surface area contributed by atoms with Crippen LogP contribution in [0.15, 0.2) is 12.1 Å². The fourth-order valence-electron chi connectivity index (χ4n) is 2.05. The fourth-order valence-corrected chi connectivity index (χ4v) is 2.86. The Morgan fingerprint density at radius 2 is 2.47 bits per heavy atom. The van der Waals surface area contributed by atoms with E-state index in [4.69, 9.17) is 0 Å². The van der Waals surface area contributed by atoms with Gasteiger partial charge in [0.05, 0.1) is 4.88 Å². The minimum atomic E-state index is 0.321. The third kappa shape index (κ3) is 2.89. The summed E-state index contributed by atoms with van der Waals surface area (Å²) in [6.07, 6.45) is 3.12. The van der Waals surface area contributed by atoms with Gasteiger partial charge in [-0.3, -0.25) is 4.79 Å². The minimum Gasteiger partial charge on any atom is -0.316 e. The van der Waals surface area contributed by atoms with E-state index >= 15 is 0 Å². The lowest BCUT2D eigenvalue weighted by Crippen LogP contribution is -2.30. The molecule has 1 atom stereocenters. The molecule has 0 aliphatic carbocycles. The second-order valence-electron chi connectivity index (χ2n) is 4.25. The van der Waals surface area contributed by atoms with Crippen LogP contribution in [0.4, 0.5) is 0 Å². The average Bonchev–Trinajstić information content (AvgIpc) is 2.66. The molecule has 1 N–H and O–H groups in total. The van der Waals surface area contributed by atoms with Crippen molar-refractivity contribution in [1.29, 1.82) is 0 Å². The number of hydrogen-bond donors (Lipinski definition) is 1. The van der Waals surface area contributed by atoms with Crippen LogP contribution in [-0.4, -0.2) is 18.9 Å². The summed E-state index contributed by atoms with van der Waals surface area (Å²) in [7, 11) is 0. The number of carbonyl (C=O) groups is 1. The van der Waals surface area contributed by atoms with Crippen LogP contribution in [0.25, 0.3) is 0 Å². The summed E-state index contributed by atoms with van der Waals surface area (Å²) in [6, 6.07) is 3.98. The van der Waals surface area contributed by atoms with Crippen molar-refractivity contribution in [3.05, 3.63) is 21.9 Å². The van der Waals surface area contributed by atoms with Crippen molar-refractivity contribution in [3.63, 3.8) is 0 Å². The van der Waals surface area contributed by atoms with Gasteiger partial charge in [-0.1, -0.05) is 0 Å². The lowest BCUT2D eigenvalue weighted by Gasteiger charge is -2.21. The first-order chi connectivity index (χ1) is 7.25. The van der Waals surface area contributed by atoms with Crippen LogP contribution in [0.5, 0.6) is 0 Å². The number of thiophene rings is 1. The first kappa shape index (κ1) is 10.8. The summed E-state index contributed by atoms with van der Waals surface area (Å²) in [5, 5.41) is 3.35. The molecule has 0 radical (unpaired) electrons. The molecule has 0 saturated carbocycles. The smallest absolute Gasteiger partial charge is 0.173 e. The number of piperidine rings is 1. The van der Waals surface area contributed by atoms with Crippen molar-refractivity contribution in [3.8, 4) is 0 Å². The van der Waals surface area contributed by atoms with Crippen molar-refractivity contribution in [2.45, 2.75) is 26.2 Å². The minimum absolute atomic E-state index is 0.321. The van der Waals surface area contributed by atoms with Gasteiger partial charge in [0, 0.05) is 11.3 Å². The normalized spacial score (nSPS) is 21.5. The predicted octanol–water partition coefficient (Wildman–Crippen LogP) is 2.63. The lowest BCUT2D eigenvalue weighted by molar-refractivity contribution is 0.0958. The van der Waals surface area contributed by atoms with Crippen LogP contribution in [0.2, 0.25) is 0 Å². The largest absolute Gasteiger partial charge is 0.316 e. The molecule has 2 nitrogen and oxygen atoms in total. The monoisotopic (exact) mass is 223 g/mol. The van der Waals surface area contributed by atoms with E-state index in [-0.39, 0.29) is 0 Å². The quantitative estimate of drug-likeness (QED) is 0.798. The first-order valence-corrected chi connectivity index (χ1v) is 6.37. The van der Waals surface area contributed by atoms with E-state index in [2.05, 4.69) is 5.32 Å². The average molecular weight is 223 g/mol. The second-order valence-corrected chi connectivity index (χ2v) is 5.54. The molecule has 15 heavy (non-hydrogen) atoms. The molecule has 0 bridgehead atoms. The molecule has 2 heterocycles. The number of nitrogens with one attached hydrogen (secondary N) is 1. The van der Waals surface area contributed by atoms with Crippen LogP contribution in [0.3, 0.4) is 0 Å². The van der Waals surface area contributed by atoms with E-state index in [0.717, 1.165) is 18.0 Å². The van der Waals surface area contributed by atoms with E-state index in [9.17, 15) is 4.79 Å². The topological polar surface area (TPSA) is 29.1 Å². The van der Waals surface area contributed by atoms with Gasteiger partial charge in [-0.15, -0.1) is 11.3 Å². The Kier molecular flexibility index (Phi) is 3.54. The Hall–Kier alpha value is -0.670. The molecule has 0 spiro atoms. The van der Waals surface area contributed by atoms with Gasteiger partial charge in [0.15, 0.2) is 5.78 Å². The lowest BCUT2D eigenvalue weighted by atomic mass is 9.94. The summed E-state index contributed by atoms with van der Waals surface area (Å²) in [4.78, 5) is 14.1. The van der Waals surface area contributed by atoms with E-state index in [1.54, 1.807) is 11.3 Å². The molecule has 1 saturated heterocycles. The Balaban J connectivity index is 1.91. The van der Waals surface area contributed by atoms with Crippen LogP contribution in [0.1, 0.15) is 33.8 Å². The third-order valence-corrected chi connectivity index (χ3v) is 3.93. The van der Waals surface area contributed by atoms with Gasteiger partial charge in [0.1, 0.15) is 0 Å². The summed E-state index contributed by atoms with van der Waals surface area (Å²) >= 11 is 1.61. The van der Waals surface area contributed by atoms with Crippen LogP contribution in [-0.2, 0) is 0 Å². The van der Waals surface area contributed by atoms with Crippen molar-refractivity contribution < 1.29 is 4.79 Å². The molecule has 2 rings (SSSR count). The Bertz CT molecular complexity index is 339. The van der Waals surface area contributed by atoms with Crippen molar-refractivity contribution in [2.24, 2.45) is 5.92 Å². The fraction of sp³-hybridized carbons (Fsp3) is 0.583. The number of aryl methyl sites for hydroxylation is 1. The summed E-state index contributed by atoms with van der Waals surface area (Å²) in [5.41, 5.74) is 0. The number of ketones is 1. The number of hydrogen-bond acceptors (Lipinski definition) is 3. The zero-order valence-corrected chi connectivity index (χ0v) is 9.90. The van der Waals surface area contributed by atoms with Gasteiger partial charge in [-0.2, -0.15) is 0 Å². The van der Waals surface area contributed by atoms with E-state index in [1.165, 1.54) is 17.7 Å². The standard InChI is InChI=1S/C12H17NOS/c1-9-4-5-12(15-9)11(14)7-10-3-2-6-13-8-10/h4-5,10,13H,2-3,6-8H2,1H3. The molecular weight excluding hydrogens is 206 g/mol. The van der Waals surface area contributed by atoms with Crippen molar-refractivity contribution in [1.82, 2.24) is 5.32 Å². The maximum absolute atomic E-state index is 11.9. The van der Waals surface area contributed by atoms with Gasteiger partial charge >= 0.3 is 0 Å². The van der Waals surface area contributed by atoms with Gasteiger partial charge < -0.3 is 5.32 Å². The van der Waals surface area contributed by atoms with Gasteiger partial charge in [-0.05, 0) is 50.9 Å². The van der Waals surface area contributed by atoms with Gasteiger partial charge in [-0.25, -0.2) is 0 Å². The third-order valence-electron chi connectivity index (χ3n) is 2.89. The Morgan fingerprint density at radius 1 is 1.60 bits per heavy atom. The summed E-state index contributed by atoms with van der Waals surface area (Å²) in [6.45, 7) is 4.17. The Labute approximate surface area is 94.7 Å². The maximum Gasteiger partial charge on any atom is 0.173 e. The number of carbonyl (C=O) groups excluding carboxylic acids is 1. The molecule has 1 aromatic heterocycles. The molecule has 1 fully saturated rings. The highest BCUT2D eigenvalue weighted by Gasteiger charge is 2.18. The molecule has 82 valence electrons. The summed E-state index contributed by atoms with van der Waals surface area (Å²) < 4.78 is 0. The molecule has 1 aliphatic heterocycles. The molecule has 1 aromatic rings. The SMILES string of the molecule is Cc1ccc(C(=O)CC2CCCNC2)s1. The van der Waals surface area contributed by atoms with Crippen molar-refractivity contribution >= 4 is 17.1 Å². The maximum atomic E-state index is 11.9. The van der Waals surface area contributed by atoms with E-state index in [1.807, 2.05) is 19.1 Å².